The van der Waals surface area contributed by atoms with Crippen LogP contribution in [0, 0.1) is 0 Å². The molecule has 3 rings (SSSR count). The summed E-state index contributed by atoms with van der Waals surface area (Å²) in [6, 6.07) is 14.0. The van der Waals surface area contributed by atoms with Crippen molar-refractivity contribution in [2.75, 3.05) is 5.75 Å². The highest BCUT2D eigenvalue weighted by Crippen LogP contribution is 2.22. The van der Waals surface area contributed by atoms with Gasteiger partial charge in [0.2, 0.25) is 0 Å². The van der Waals surface area contributed by atoms with Crippen molar-refractivity contribution in [2.24, 2.45) is 0 Å². The maximum absolute atomic E-state index is 12.8. The molecule has 0 amide bonds. The lowest BCUT2D eigenvalue weighted by atomic mass is 10.1. The summed E-state index contributed by atoms with van der Waals surface area (Å²) >= 11 is 7.13. The van der Waals surface area contributed by atoms with E-state index in [1.807, 2.05) is 32.0 Å². The van der Waals surface area contributed by atoms with Crippen LogP contribution in [-0.4, -0.2) is 21.1 Å². The van der Waals surface area contributed by atoms with Crippen LogP contribution in [0.5, 0.6) is 0 Å². The Labute approximate surface area is 154 Å². The standard InChI is InChI=1S/C19H17ClN2O2S/c1-12(2)22-18(24)15-5-3-4-6-16(15)21-19(22)25-11-17(23)13-7-9-14(20)10-8-13/h3-10,12H,11H2,1-2H3. The predicted molar refractivity (Wildman–Crippen MR) is 103 cm³/mol. The third kappa shape index (κ3) is 3.78. The van der Waals surface area contributed by atoms with Gasteiger partial charge in [0.15, 0.2) is 10.9 Å². The Morgan fingerprint density at radius 1 is 1.16 bits per heavy atom. The number of hydrogen-bond acceptors (Lipinski definition) is 4. The van der Waals surface area contributed by atoms with E-state index in [1.54, 1.807) is 34.9 Å². The number of hydrogen-bond donors (Lipinski definition) is 0. The van der Waals surface area contributed by atoms with Gasteiger partial charge in [-0.05, 0) is 50.2 Å². The minimum atomic E-state index is -0.0814. The van der Waals surface area contributed by atoms with Crippen LogP contribution < -0.4 is 5.56 Å². The van der Waals surface area contributed by atoms with E-state index in [9.17, 15) is 9.59 Å². The number of benzene rings is 2. The van der Waals surface area contributed by atoms with Crippen LogP contribution in [0.15, 0.2) is 58.5 Å². The number of fused-ring (bicyclic) bond motifs is 1. The van der Waals surface area contributed by atoms with Crippen molar-refractivity contribution in [1.29, 1.82) is 0 Å². The Morgan fingerprint density at radius 3 is 2.52 bits per heavy atom. The second-order valence-corrected chi connectivity index (χ2v) is 7.28. The summed E-state index contributed by atoms with van der Waals surface area (Å²) in [7, 11) is 0. The quantitative estimate of drug-likeness (QED) is 0.373. The van der Waals surface area contributed by atoms with E-state index < -0.39 is 0 Å². The molecule has 0 aliphatic heterocycles. The third-order valence-corrected chi connectivity index (χ3v) is 5.00. The first-order valence-electron chi connectivity index (χ1n) is 7.90. The molecule has 0 saturated carbocycles. The Balaban J connectivity index is 1.92. The average Bonchev–Trinajstić information content (AvgIpc) is 2.60. The van der Waals surface area contributed by atoms with Gasteiger partial charge < -0.3 is 0 Å². The number of carbonyl (C=O) groups excluding carboxylic acids is 1. The molecule has 0 radical (unpaired) electrons. The zero-order chi connectivity index (χ0) is 18.0. The molecule has 0 atom stereocenters. The number of rotatable bonds is 5. The number of aromatic nitrogens is 2. The molecule has 1 heterocycles. The fraction of sp³-hybridized carbons (Fsp3) is 0.211. The fourth-order valence-electron chi connectivity index (χ4n) is 2.53. The highest BCUT2D eigenvalue weighted by Gasteiger charge is 2.15. The van der Waals surface area contributed by atoms with E-state index in [1.165, 1.54) is 11.8 Å². The van der Waals surface area contributed by atoms with Gasteiger partial charge in [0.05, 0.1) is 16.7 Å². The summed E-state index contributed by atoms with van der Waals surface area (Å²) in [4.78, 5) is 29.7. The molecule has 0 aliphatic rings. The minimum Gasteiger partial charge on any atom is -0.293 e. The zero-order valence-corrected chi connectivity index (χ0v) is 15.5. The van der Waals surface area contributed by atoms with Gasteiger partial charge in [-0.1, -0.05) is 35.5 Å². The van der Waals surface area contributed by atoms with Crippen molar-refractivity contribution in [3.05, 3.63) is 69.5 Å². The fourth-order valence-corrected chi connectivity index (χ4v) is 3.68. The Hall–Kier alpha value is -2.11. The molecule has 0 aliphatic carbocycles. The number of ketones is 1. The molecule has 0 spiro atoms. The van der Waals surface area contributed by atoms with Crippen LogP contribution in [0.4, 0.5) is 0 Å². The van der Waals surface area contributed by atoms with E-state index in [-0.39, 0.29) is 23.1 Å². The SMILES string of the molecule is CC(C)n1c(SCC(=O)c2ccc(Cl)cc2)nc2ccccc2c1=O. The summed E-state index contributed by atoms with van der Waals surface area (Å²) in [5.41, 5.74) is 1.16. The van der Waals surface area contributed by atoms with E-state index in [0.29, 0.717) is 26.6 Å². The largest absolute Gasteiger partial charge is 0.293 e. The van der Waals surface area contributed by atoms with Gasteiger partial charge >= 0.3 is 0 Å². The van der Waals surface area contributed by atoms with Gasteiger partial charge in [0, 0.05) is 16.6 Å². The smallest absolute Gasteiger partial charge is 0.262 e. The highest BCUT2D eigenvalue weighted by atomic mass is 35.5. The minimum absolute atomic E-state index is 0.0284. The molecule has 0 fully saturated rings. The predicted octanol–water partition coefficient (Wildman–Crippen LogP) is 4.61. The first-order chi connectivity index (χ1) is 12.0. The summed E-state index contributed by atoms with van der Waals surface area (Å²) in [5.74, 6) is 0.179. The van der Waals surface area contributed by atoms with Crippen molar-refractivity contribution >= 4 is 40.0 Å². The van der Waals surface area contributed by atoms with Crippen molar-refractivity contribution in [3.8, 4) is 0 Å². The summed E-state index contributed by atoms with van der Waals surface area (Å²) < 4.78 is 1.64. The molecule has 3 aromatic rings. The number of carbonyl (C=O) groups is 1. The molecule has 0 N–H and O–H groups in total. The van der Waals surface area contributed by atoms with Crippen molar-refractivity contribution < 1.29 is 4.79 Å². The van der Waals surface area contributed by atoms with Crippen LogP contribution in [0.25, 0.3) is 10.9 Å². The number of halogens is 1. The van der Waals surface area contributed by atoms with Crippen LogP contribution in [0.2, 0.25) is 5.02 Å². The first kappa shape index (κ1) is 17.7. The van der Waals surface area contributed by atoms with Crippen LogP contribution in [-0.2, 0) is 0 Å². The monoisotopic (exact) mass is 372 g/mol. The summed E-state index contributed by atoms with van der Waals surface area (Å²) in [5, 5.41) is 1.74. The highest BCUT2D eigenvalue weighted by molar-refractivity contribution is 7.99. The van der Waals surface area contributed by atoms with Crippen LogP contribution in [0.1, 0.15) is 30.2 Å². The third-order valence-electron chi connectivity index (χ3n) is 3.79. The van der Waals surface area contributed by atoms with Gasteiger partial charge in [-0.15, -0.1) is 0 Å². The molecule has 4 nitrogen and oxygen atoms in total. The molecule has 0 bridgehead atoms. The Bertz CT molecular complexity index is 981. The van der Waals surface area contributed by atoms with Crippen molar-refractivity contribution in [3.63, 3.8) is 0 Å². The molecule has 128 valence electrons. The lowest BCUT2D eigenvalue weighted by molar-refractivity contribution is 0.102. The molecule has 6 heteroatoms. The maximum Gasteiger partial charge on any atom is 0.262 e. The van der Waals surface area contributed by atoms with Gasteiger partial charge in [0.1, 0.15) is 0 Å². The maximum atomic E-state index is 12.8. The lowest BCUT2D eigenvalue weighted by Crippen LogP contribution is -2.25. The second-order valence-electron chi connectivity index (χ2n) is 5.90. The van der Waals surface area contributed by atoms with Crippen LogP contribution >= 0.6 is 23.4 Å². The number of Topliss-reactive ketones (excluding diaryl/α,β-unsaturated/α-hetero) is 1. The lowest BCUT2D eigenvalue weighted by Gasteiger charge is -2.15. The van der Waals surface area contributed by atoms with Gasteiger partial charge in [-0.25, -0.2) is 4.98 Å². The number of para-hydroxylation sites is 1. The Morgan fingerprint density at radius 2 is 1.84 bits per heavy atom. The van der Waals surface area contributed by atoms with Crippen molar-refractivity contribution in [1.82, 2.24) is 9.55 Å². The number of thioether (sulfide) groups is 1. The van der Waals surface area contributed by atoms with E-state index in [0.717, 1.165) is 0 Å². The average molecular weight is 373 g/mol. The second kappa shape index (κ2) is 7.42. The molecular weight excluding hydrogens is 356 g/mol. The van der Waals surface area contributed by atoms with Gasteiger partial charge in [-0.2, -0.15) is 0 Å². The van der Waals surface area contributed by atoms with Gasteiger partial charge in [0.25, 0.3) is 5.56 Å². The molecular formula is C19H17ClN2O2S. The van der Waals surface area contributed by atoms with E-state index >= 15 is 0 Å². The normalized spacial score (nSPS) is 11.2. The van der Waals surface area contributed by atoms with E-state index in [4.69, 9.17) is 11.6 Å². The van der Waals surface area contributed by atoms with Crippen LogP contribution in [0.3, 0.4) is 0 Å². The van der Waals surface area contributed by atoms with Gasteiger partial charge in [-0.3, -0.25) is 14.2 Å². The molecule has 25 heavy (non-hydrogen) atoms. The van der Waals surface area contributed by atoms with Crippen molar-refractivity contribution in [2.45, 2.75) is 25.0 Å². The zero-order valence-electron chi connectivity index (χ0n) is 13.9. The number of nitrogens with zero attached hydrogens (tertiary/aromatic N) is 2. The molecule has 0 unspecified atom stereocenters. The Kier molecular flexibility index (Phi) is 5.25. The van der Waals surface area contributed by atoms with E-state index in [2.05, 4.69) is 4.98 Å². The molecule has 2 aromatic carbocycles. The molecule has 1 aromatic heterocycles. The molecule has 0 saturated heterocycles. The topological polar surface area (TPSA) is 52.0 Å². The first-order valence-corrected chi connectivity index (χ1v) is 9.26. The summed E-state index contributed by atoms with van der Waals surface area (Å²) in [6.45, 7) is 3.87. The summed E-state index contributed by atoms with van der Waals surface area (Å²) in [6.07, 6.45) is 0.